The molecule has 1 heterocycles. The number of rotatable bonds is 10. The molecule has 3 rings (SSSR count). The molecule has 4 nitrogen and oxygen atoms in total. The predicted molar refractivity (Wildman–Crippen MR) is 117 cm³/mol. The average molecular weight is 398 g/mol. The summed E-state index contributed by atoms with van der Waals surface area (Å²) in [5.41, 5.74) is 5.06. The summed E-state index contributed by atoms with van der Waals surface area (Å²) in [6.07, 6.45) is 2.99. The number of ether oxygens (including phenoxy) is 2. The Labute approximate surface area is 175 Å². The number of hydrogen-bond acceptors (Lipinski definition) is 4. The van der Waals surface area contributed by atoms with Crippen LogP contribution in [0.2, 0.25) is 0 Å². The summed E-state index contributed by atoms with van der Waals surface area (Å²) in [4.78, 5) is 2.30. The van der Waals surface area contributed by atoms with Crippen LogP contribution >= 0.6 is 0 Å². The molecule has 2 aromatic rings. The molecule has 2 atom stereocenters. The van der Waals surface area contributed by atoms with E-state index in [2.05, 4.69) is 56.0 Å². The van der Waals surface area contributed by atoms with Gasteiger partial charge in [0.1, 0.15) is 18.5 Å². The van der Waals surface area contributed by atoms with Gasteiger partial charge in [0.2, 0.25) is 0 Å². The van der Waals surface area contributed by atoms with E-state index in [1.807, 2.05) is 12.1 Å². The summed E-state index contributed by atoms with van der Waals surface area (Å²) < 4.78 is 11.7. The minimum Gasteiger partial charge on any atom is -0.491 e. The van der Waals surface area contributed by atoms with Crippen LogP contribution in [-0.4, -0.2) is 48.5 Å². The smallest absolute Gasteiger partial charge is 0.119 e. The highest BCUT2D eigenvalue weighted by Crippen LogP contribution is 2.18. The van der Waals surface area contributed by atoms with Crippen LogP contribution in [0.3, 0.4) is 0 Å². The van der Waals surface area contributed by atoms with Crippen LogP contribution in [0.15, 0.2) is 42.5 Å². The Bertz CT molecular complexity index is 753. The summed E-state index contributed by atoms with van der Waals surface area (Å²) in [6.45, 7) is 9.70. The molecule has 1 N–H and O–H groups in total. The third-order valence-corrected chi connectivity index (χ3v) is 5.71. The van der Waals surface area contributed by atoms with Crippen LogP contribution in [0.5, 0.6) is 5.75 Å². The molecular weight excluding hydrogens is 362 g/mol. The Balaban J connectivity index is 1.57. The van der Waals surface area contributed by atoms with E-state index in [9.17, 15) is 5.11 Å². The number of aliphatic hydroxyl groups is 1. The Morgan fingerprint density at radius 3 is 2.52 bits per heavy atom. The Morgan fingerprint density at radius 2 is 1.86 bits per heavy atom. The summed E-state index contributed by atoms with van der Waals surface area (Å²) in [6, 6.07) is 14.8. The molecular formula is C25H35NO3. The molecule has 0 spiro atoms. The van der Waals surface area contributed by atoms with Gasteiger partial charge in [0.05, 0.1) is 6.10 Å². The molecule has 2 aromatic carbocycles. The summed E-state index contributed by atoms with van der Waals surface area (Å²) in [5.74, 6) is 0.813. The average Bonchev–Trinajstić information content (AvgIpc) is 3.22. The molecule has 0 aliphatic carbocycles. The van der Waals surface area contributed by atoms with Crippen molar-refractivity contribution in [2.45, 2.75) is 58.8 Å². The van der Waals surface area contributed by atoms with Gasteiger partial charge in [0.25, 0.3) is 0 Å². The van der Waals surface area contributed by atoms with E-state index < -0.39 is 6.10 Å². The van der Waals surface area contributed by atoms with Crippen LogP contribution in [0.4, 0.5) is 0 Å². The van der Waals surface area contributed by atoms with Gasteiger partial charge in [-0.05, 0) is 67.5 Å². The monoisotopic (exact) mass is 397 g/mol. The van der Waals surface area contributed by atoms with Crippen LogP contribution in [-0.2, 0) is 17.7 Å². The second kappa shape index (κ2) is 10.8. The maximum absolute atomic E-state index is 10.6. The first-order chi connectivity index (χ1) is 14.0. The van der Waals surface area contributed by atoms with Crippen molar-refractivity contribution in [2.24, 2.45) is 0 Å². The molecule has 1 fully saturated rings. The van der Waals surface area contributed by atoms with Gasteiger partial charge in [0, 0.05) is 26.2 Å². The predicted octanol–water partition coefficient (Wildman–Crippen LogP) is 4.29. The zero-order valence-electron chi connectivity index (χ0n) is 18.1. The van der Waals surface area contributed by atoms with Gasteiger partial charge in [-0.2, -0.15) is 0 Å². The molecule has 4 heteroatoms. The third kappa shape index (κ3) is 6.84. The third-order valence-electron chi connectivity index (χ3n) is 5.71. The van der Waals surface area contributed by atoms with Crippen LogP contribution in [0.25, 0.3) is 0 Å². The van der Waals surface area contributed by atoms with Gasteiger partial charge in [-0.15, -0.1) is 0 Å². The van der Waals surface area contributed by atoms with Gasteiger partial charge in [0.15, 0.2) is 0 Å². The van der Waals surface area contributed by atoms with Crippen molar-refractivity contribution >= 4 is 0 Å². The molecule has 0 radical (unpaired) electrons. The standard InChI is InChI=1S/C25H35NO3/c1-4-21-8-10-22(11-9-21)15-26(17-25-6-5-13-28-25)16-23(27)18-29-24-12-7-19(2)20(3)14-24/h7-12,14,23,25,27H,4-6,13,15-18H2,1-3H3. The maximum atomic E-state index is 10.6. The van der Waals surface area contributed by atoms with Crippen molar-refractivity contribution < 1.29 is 14.6 Å². The highest BCUT2D eigenvalue weighted by atomic mass is 16.5. The number of nitrogens with zero attached hydrogens (tertiary/aromatic N) is 1. The summed E-state index contributed by atoms with van der Waals surface area (Å²) in [7, 11) is 0. The summed E-state index contributed by atoms with van der Waals surface area (Å²) >= 11 is 0. The fourth-order valence-electron chi connectivity index (χ4n) is 3.77. The molecule has 1 aliphatic rings. The lowest BCUT2D eigenvalue weighted by atomic mass is 10.1. The lowest BCUT2D eigenvalue weighted by Gasteiger charge is -2.27. The van der Waals surface area contributed by atoms with Crippen molar-refractivity contribution in [1.82, 2.24) is 4.90 Å². The van der Waals surface area contributed by atoms with Gasteiger partial charge >= 0.3 is 0 Å². The minimum absolute atomic E-state index is 0.262. The number of aryl methyl sites for hydroxylation is 3. The molecule has 2 unspecified atom stereocenters. The van der Waals surface area contributed by atoms with E-state index in [1.165, 1.54) is 22.3 Å². The fraction of sp³-hybridized carbons (Fsp3) is 0.520. The molecule has 1 aliphatic heterocycles. The van der Waals surface area contributed by atoms with E-state index in [4.69, 9.17) is 9.47 Å². The van der Waals surface area contributed by atoms with Gasteiger partial charge < -0.3 is 14.6 Å². The summed E-state index contributed by atoms with van der Waals surface area (Å²) in [5, 5.41) is 10.6. The fourth-order valence-corrected chi connectivity index (χ4v) is 3.77. The van der Waals surface area contributed by atoms with E-state index in [0.29, 0.717) is 13.2 Å². The SMILES string of the molecule is CCc1ccc(CN(CC(O)COc2ccc(C)c(C)c2)CC2CCCO2)cc1. The lowest BCUT2D eigenvalue weighted by Crippen LogP contribution is -2.39. The first-order valence-electron chi connectivity index (χ1n) is 10.8. The molecule has 0 aromatic heterocycles. The Morgan fingerprint density at radius 1 is 1.10 bits per heavy atom. The molecule has 0 amide bonds. The number of aliphatic hydroxyl groups excluding tert-OH is 1. The second-order valence-electron chi connectivity index (χ2n) is 8.21. The second-order valence-corrected chi connectivity index (χ2v) is 8.21. The van der Waals surface area contributed by atoms with Crippen molar-refractivity contribution in [2.75, 3.05) is 26.3 Å². The van der Waals surface area contributed by atoms with E-state index in [1.54, 1.807) is 0 Å². The zero-order chi connectivity index (χ0) is 20.6. The van der Waals surface area contributed by atoms with E-state index >= 15 is 0 Å². The zero-order valence-corrected chi connectivity index (χ0v) is 18.1. The van der Waals surface area contributed by atoms with Crippen LogP contribution in [0.1, 0.15) is 42.0 Å². The quantitative estimate of drug-likeness (QED) is 0.650. The maximum Gasteiger partial charge on any atom is 0.119 e. The molecule has 1 saturated heterocycles. The van der Waals surface area contributed by atoms with Crippen molar-refractivity contribution in [3.63, 3.8) is 0 Å². The Kier molecular flexibility index (Phi) is 8.10. The van der Waals surface area contributed by atoms with Gasteiger partial charge in [-0.3, -0.25) is 4.90 Å². The number of benzene rings is 2. The molecule has 29 heavy (non-hydrogen) atoms. The topological polar surface area (TPSA) is 41.9 Å². The van der Waals surface area contributed by atoms with Gasteiger partial charge in [-0.25, -0.2) is 0 Å². The van der Waals surface area contributed by atoms with E-state index in [-0.39, 0.29) is 6.10 Å². The highest BCUT2D eigenvalue weighted by Gasteiger charge is 2.21. The largest absolute Gasteiger partial charge is 0.491 e. The number of hydrogen-bond donors (Lipinski definition) is 1. The highest BCUT2D eigenvalue weighted by molar-refractivity contribution is 5.33. The molecule has 0 saturated carbocycles. The van der Waals surface area contributed by atoms with Gasteiger partial charge in [-0.1, -0.05) is 37.3 Å². The Hall–Kier alpha value is -1.88. The lowest BCUT2D eigenvalue weighted by molar-refractivity contribution is 0.0313. The van der Waals surface area contributed by atoms with Crippen molar-refractivity contribution in [1.29, 1.82) is 0 Å². The van der Waals surface area contributed by atoms with Crippen molar-refractivity contribution in [3.05, 3.63) is 64.7 Å². The molecule has 158 valence electrons. The van der Waals surface area contributed by atoms with Crippen LogP contribution in [0, 0.1) is 13.8 Å². The molecule has 0 bridgehead atoms. The van der Waals surface area contributed by atoms with Crippen molar-refractivity contribution in [3.8, 4) is 5.75 Å². The normalized spacial score (nSPS) is 17.6. The minimum atomic E-state index is -0.548. The van der Waals surface area contributed by atoms with E-state index in [0.717, 1.165) is 44.7 Å². The first-order valence-corrected chi connectivity index (χ1v) is 10.8. The first kappa shape index (κ1) is 21.8. The van der Waals surface area contributed by atoms with Crippen LogP contribution < -0.4 is 4.74 Å².